The molecule has 5 nitrogen and oxygen atoms in total. The monoisotopic (exact) mass is 350 g/mol. The Morgan fingerprint density at radius 1 is 0.923 bits per heavy atom. The maximum atomic E-state index is 12.9. The Bertz CT molecular complexity index is 738. The zero-order valence-electron chi connectivity index (χ0n) is 15.2. The van der Waals surface area contributed by atoms with E-state index < -0.39 is 0 Å². The van der Waals surface area contributed by atoms with Gasteiger partial charge in [0.05, 0.1) is 0 Å². The molecule has 26 heavy (non-hydrogen) atoms. The van der Waals surface area contributed by atoms with E-state index in [1.807, 2.05) is 11.0 Å². The van der Waals surface area contributed by atoms with Gasteiger partial charge < -0.3 is 9.80 Å². The lowest BCUT2D eigenvalue weighted by molar-refractivity contribution is -0.133. The maximum Gasteiger partial charge on any atom is 0.241 e. The first kappa shape index (κ1) is 17.1. The van der Waals surface area contributed by atoms with E-state index in [0.29, 0.717) is 0 Å². The summed E-state index contributed by atoms with van der Waals surface area (Å²) in [6.07, 6.45) is 0.792. The summed E-state index contributed by atoms with van der Waals surface area (Å²) in [7, 11) is 0. The minimum absolute atomic E-state index is 0.149. The van der Waals surface area contributed by atoms with Crippen molar-refractivity contribution in [3.63, 3.8) is 0 Å². The fourth-order valence-corrected chi connectivity index (χ4v) is 3.78. The molecule has 136 valence electrons. The molecule has 2 aliphatic heterocycles. The van der Waals surface area contributed by atoms with Crippen LogP contribution in [-0.4, -0.2) is 43.0 Å². The molecule has 0 radical (unpaired) electrons. The molecule has 2 aromatic carbocycles. The third kappa shape index (κ3) is 3.59. The molecular weight excluding hydrogens is 324 g/mol. The number of hydrogen-bond donors (Lipinski definition) is 2. The highest BCUT2D eigenvalue weighted by Crippen LogP contribution is 2.24. The number of benzene rings is 2. The van der Waals surface area contributed by atoms with Crippen LogP contribution in [0.3, 0.4) is 0 Å². The minimum atomic E-state index is -0.149. The summed E-state index contributed by atoms with van der Waals surface area (Å²) in [4.78, 5) is 17.2. The molecule has 2 heterocycles. The standard InChI is InChI=1S/C21H26N4O/c1-16-7-9-17(10-8-16)19-15-20(23-22-19)21(26)25-13-11-24(12-14-25)18-5-3-2-4-6-18/h2-10,19-20,22-23H,11-15H2,1H3. The average molecular weight is 350 g/mol. The Morgan fingerprint density at radius 2 is 1.62 bits per heavy atom. The number of piperazine rings is 1. The number of nitrogens with one attached hydrogen (secondary N) is 2. The van der Waals surface area contributed by atoms with Crippen molar-refractivity contribution < 1.29 is 4.79 Å². The fraction of sp³-hybridized carbons (Fsp3) is 0.381. The van der Waals surface area contributed by atoms with Gasteiger partial charge in [-0.2, -0.15) is 0 Å². The lowest BCUT2D eigenvalue weighted by Gasteiger charge is -2.37. The summed E-state index contributed by atoms with van der Waals surface area (Å²) in [6.45, 7) is 5.42. The molecule has 0 aromatic heterocycles. The highest BCUT2D eigenvalue weighted by atomic mass is 16.2. The topological polar surface area (TPSA) is 47.6 Å². The summed E-state index contributed by atoms with van der Waals surface area (Å²) >= 11 is 0. The second-order valence-corrected chi connectivity index (χ2v) is 7.19. The van der Waals surface area contributed by atoms with Crippen LogP contribution in [0.5, 0.6) is 0 Å². The molecule has 2 aliphatic rings. The Labute approximate surface area is 155 Å². The van der Waals surface area contributed by atoms with Gasteiger partial charge in [0.2, 0.25) is 5.91 Å². The van der Waals surface area contributed by atoms with Gasteiger partial charge in [-0.3, -0.25) is 4.79 Å². The lowest BCUT2D eigenvalue weighted by Crippen LogP contribution is -2.53. The number of aryl methyl sites for hydroxylation is 1. The van der Waals surface area contributed by atoms with Gasteiger partial charge in [-0.25, -0.2) is 10.9 Å². The predicted molar refractivity (Wildman–Crippen MR) is 104 cm³/mol. The number of amides is 1. The summed E-state index contributed by atoms with van der Waals surface area (Å²) in [5, 5.41) is 0. The first-order chi connectivity index (χ1) is 12.7. The van der Waals surface area contributed by atoms with Crippen LogP contribution in [0.25, 0.3) is 0 Å². The SMILES string of the molecule is Cc1ccc(C2CC(C(=O)N3CCN(c4ccccc4)CC3)NN2)cc1. The fourth-order valence-electron chi connectivity index (χ4n) is 3.78. The summed E-state index contributed by atoms with van der Waals surface area (Å²) in [5.74, 6) is 0.208. The molecule has 1 amide bonds. The number of rotatable bonds is 3. The third-order valence-electron chi connectivity index (χ3n) is 5.39. The Balaban J connectivity index is 1.32. The first-order valence-corrected chi connectivity index (χ1v) is 9.37. The van der Waals surface area contributed by atoms with Gasteiger partial charge >= 0.3 is 0 Å². The number of para-hydroxylation sites is 1. The van der Waals surface area contributed by atoms with Gasteiger partial charge in [0, 0.05) is 37.9 Å². The van der Waals surface area contributed by atoms with E-state index >= 15 is 0 Å². The lowest BCUT2D eigenvalue weighted by atomic mass is 10.0. The van der Waals surface area contributed by atoms with Crippen LogP contribution in [0.15, 0.2) is 54.6 Å². The highest BCUT2D eigenvalue weighted by molar-refractivity contribution is 5.82. The Morgan fingerprint density at radius 3 is 2.31 bits per heavy atom. The van der Waals surface area contributed by atoms with E-state index in [0.717, 1.165) is 32.6 Å². The number of hydrazine groups is 1. The average Bonchev–Trinajstić information content (AvgIpc) is 3.19. The van der Waals surface area contributed by atoms with Gasteiger partial charge in [-0.15, -0.1) is 0 Å². The van der Waals surface area contributed by atoms with Crippen LogP contribution in [0, 0.1) is 6.92 Å². The Hall–Kier alpha value is -2.37. The van der Waals surface area contributed by atoms with Crippen molar-refractivity contribution in [3.05, 3.63) is 65.7 Å². The van der Waals surface area contributed by atoms with E-state index in [1.54, 1.807) is 0 Å². The molecule has 2 saturated heterocycles. The van der Waals surface area contributed by atoms with Gasteiger partial charge in [0.1, 0.15) is 6.04 Å². The van der Waals surface area contributed by atoms with Gasteiger partial charge in [-0.1, -0.05) is 48.0 Å². The summed E-state index contributed by atoms with van der Waals surface area (Å²) in [5.41, 5.74) is 10.2. The molecular formula is C21H26N4O. The normalized spacial score (nSPS) is 23.3. The molecule has 0 spiro atoms. The van der Waals surface area contributed by atoms with E-state index in [2.05, 4.69) is 71.2 Å². The van der Waals surface area contributed by atoms with Crippen molar-refractivity contribution in [1.82, 2.24) is 15.8 Å². The molecule has 0 bridgehead atoms. The van der Waals surface area contributed by atoms with Crippen molar-refractivity contribution in [2.75, 3.05) is 31.1 Å². The van der Waals surface area contributed by atoms with Gasteiger partial charge in [-0.05, 0) is 31.0 Å². The van der Waals surface area contributed by atoms with Crippen molar-refractivity contribution >= 4 is 11.6 Å². The molecule has 2 unspecified atom stereocenters. The largest absolute Gasteiger partial charge is 0.368 e. The van der Waals surface area contributed by atoms with Crippen LogP contribution < -0.4 is 15.8 Å². The van der Waals surface area contributed by atoms with Crippen molar-refractivity contribution in [2.45, 2.75) is 25.4 Å². The third-order valence-corrected chi connectivity index (χ3v) is 5.39. The van der Waals surface area contributed by atoms with Crippen molar-refractivity contribution in [2.24, 2.45) is 0 Å². The number of hydrogen-bond acceptors (Lipinski definition) is 4. The quantitative estimate of drug-likeness (QED) is 0.891. The molecule has 0 aliphatic carbocycles. The molecule has 2 fully saturated rings. The van der Waals surface area contributed by atoms with Crippen molar-refractivity contribution in [3.8, 4) is 0 Å². The first-order valence-electron chi connectivity index (χ1n) is 9.37. The van der Waals surface area contributed by atoms with Gasteiger partial charge in [0.15, 0.2) is 0 Å². The zero-order valence-corrected chi connectivity index (χ0v) is 15.2. The number of nitrogens with zero attached hydrogens (tertiary/aromatic N) is 2. The summed E-state index contributed by atoms with van der Waals surface area (Å²) in [6, 6.07) is 19.0. The van der Waals surface area contributed by atoms with E-state index in [1.165, 1.54) is 16.8 Å². The van der Waals surface area contributed by atoms with Crippen LogP contribution in [-0.2, 0) is 4.79 Å². The van der Waals surface area contributed by atoms with E-state index in [4.69, 9.17) is 0 Å². The second kappa shape index (κ2) is 7.48. The van der Waals surface area contributed by atoms with Gasteiger partial charge in [0.25, 0.3) is 0 Å². The van der Waals surface area contributed by atoms with E-state index in [9.17, 15) is 4.79 Å². The van der Waals surface area contributed by atoms with Crippen LogP contribution in [0.1, 0.15) is 23.6 Å². The zero-order chi connectivity index (χ0) is 17.9. The molecule has 5 heteroatoms. The molecule has 0 saturated carbocycles. The minimum Gasteiger partial charge on any atom is -0.368 e. The van der Waals surface area contributed by atoms with Crippen molar-refractivity contribution in [1.29, 1.82) is 0 Å². The maximum absolute atomic E-state index is 12.9. The molecule has 2 aromatic rings. The predicted octanol–water partition coefficient (Wildman–Crippen LogP) is 2.25. The molecule has 2 N–H and O–H groups in total. The van der Waals surface area contributed by atoms with E-state index in [-0.39, 0.29) is 18.0 Å². The smallest absolute Gasteiger partial charge is 0.241 e. The number of carbonyl (C=O) groups is 1. The summed E-state index contributed by atoms with van der Waals surface area (Å²) < 4.78 is 0. The second-order valence-electron chi connectivity index (χ2n) is 7.19. The van der Waals surface area contributed by atoms with Crippen LogP contribution >= 0.6 is 0 Å². The number of carbonyl (C=O) groups excluding carboxylic acids is 1. The van der Waals surface area contributed by atoms with Crippen LogP contribution in [0.2, 0.25) is 0 Å². The highest BCUT2D eigenvalue weighted by Gasteiger charge is 2.34. The number of anilines is 1. The molecule has 4 rings (SSSR count). The Kier molecular flexibility index (Phi) is 4.91. The van der Waals surface area contributed by atoms with Crippen LogP contribution in [0.4, 0.5) is 5.69 Å². The molecule has 2 atom stereocenters.